The van der Waals surface area contributed by atoms with Gasteiger partial charge in [0.15, 0.2) is 0 Å². The molecule has 0 aliphatic heterocycles. The lowest BCUT2D eigenvalue weighted by Crippen LogP contribution is -2.33. The van der Waals surface area contributed by atoms with Gasteiger partial charge in [0, 0.05) is 24.9 Å². The molecule has 114 valence electrons. The van der Waals surface area contributed by atoms with Crippen LogP contribution in [0.15, 0.2) is 43.0 Å². The van der Waals surface area contributed by atoms with Gasteiger partial charge in [0.05, 0.1) is 12.0 Å². The second-order valence-corrected chi connectivity index (χ2v) is 6.60. The molecule has 4 nitrogen and oxygen atoms in total. The largest absolute Gasteiger partial charge is 0.352 e. The Labute approximate surface area is 130 Å². The van der Waals surface area contributed by atoms with E-state index in [4.69, 9.17) is 0 Å². The first-order chi connectivity index (χ1) is 10.8. The second kappa shape index (κ2) is 5.59. The lowest BCUT2D eigenvalue weighted by molar-refractivity contribution is -0.126. The summed E-state index contributed by atoms with van der Waals surface area (Å²) in [5.74, 6) is 1.93. The Morgan fingerprint density at radius 1 is 1.27 bits per heavy atom. The maximum Gasteiger partial charge on any atom is 0.223 e. The predicted octanol–water partition coefficient (Wildman–Crippen LogP) is 2.92. The molecule has 2 fully saturated rings. The molecule has 1 aromatic carbocycles. The predicted molar refractivity (Wildman–Crippen MR) is 84.3 cm³/mol. The molecule has 1 heterocycles. The van der Waals surface area contributed by atoms with E-state index in [0.29, 0.717) is 12.5 Å². The molecule has 0 unspecified atom stereocenters. The zero-order chi connectivity index (χ0) is 14.9. The van der Waals surface area contributed by atoms with Crippen LogP contribution in [0.2, 0.25) is 0 Å². The molecule has 1 amide bonds. The molecule has 2 aromatic rings. The number of carbonyl (C=O) groups excluding carboxylic acids is 1. The quantitative estimate of drug-likeness (QED) is 0.942. The van der Waals surface area contributed by atoms with Gasteiger partial charge in [-0.2, -0.15) is 0 Å². The number of benzene rings is 1. The Bertz CT molecular complexity index is 665. The fraction of sp³-hybridized carbons (Fsp3) is 0.444. The van der Waals surface area contributed by atoms with Crippen LogP contribution >= 0.6 is 0 Å². The number of hydrogen-bond acceptors (Lipinski definition) is 2. The molecule has 1 aromatic heterocycles. The number of para-hydroxylation sites is 1. The van der Waals surface area contributed by atoms with Crippen LogP contribution in [0.3, 0.4) is 0 Å². The van der Waals surface area contributed by atoms with Crippen LogP contribution < -0.4 is 5.32 Å². The van der Waals surface area contributed by atoms with E-state index >= 15 is 0 Å². The molecular weight excluding hydrogens is 274 g/mol. The molecule has 2 saturated carbocycles. The lowest BCUT2D eigenvalue weighted by Gasteiger charge is -2.21. The van der Waals surface area contributed by atoms with Crippen molar-refractivity contribution in [3.05, 3.63) is 48.5 Å². The summed E-state index contributed by atoms with van der Waals surface area (Å²) >= 11 is 0. The minimum absolute atomic E-state index is 0.243. The van der Waals surface area contributed by atoms with Gasteiger partial charge in [0.2, 0.25) is 5.91 Å². The standard InChI is InChI=1S/C18H21N3O/c22-18(16-10-13-5-6-14(16)9-13)20-11-15-3-1-2-4-17(15)21-8-7-19-12-21/h1-4,7-8,12-14,16H,5-6,9-11H2,(H,20,22)/t13-,14-,16+/m0/s1. The van der Waals surface area contributed by atoms with Gasteiger partial charge >= 0.3 is 0 Å². The monoisotopic (exact) mass is 295 g/mol. The van der Waals surface area contributed by atoms with E-state index in [9.17, 15) is 4.79 Å². The number of amides is 1. The lowest BCUT2D eigenvalue weighted by atomic mass is 9.88. The van der Waals surface area contributed by atoms with Gasteiger partial charge in [-0.05, 0) is 42.7 Å². The van der Waals surface area contributed by atoms with Crippen molar-refractivity contribution in [3.8, 4) is 5.69 Å². The van der Waals surface area contributed by atoms with Gasteiger partial charge < -0.3 is 9.88 Å². The fourth-order valence-corrected chi connectivity index (χ4v) is 4.19. The van der Waals surface area contributed by atoms with Gasteiger partial charge in [-0.3, -0.25) is 4.79 Å². The van der Waals surface area contributed by atoms with E-state index in [2.05, 4.69) is 22.4 Å². The molecule has 0 spiro atoms. The highest BCUT2D eigenvalue weighted by Gasteiger charge is 2.42. The van der Waals surface area contributed by atoms with Crippen LogP contribution in [-0.4, -0.2) is 15.5 Å². The third kappa shape index (κ3) is 2.43. The second-order valence-electron chi connectivity index (χ2n) is 6.60. The third-order valence-corrected chi connectivity index (χ3v) is 5.30. The highest BCUT2D eigenvalue weighted by molar-refractivity contribution is 5.79. The normalized spacial score (nSPS) is 26.3. The van der Waals surface area contributed by atoms with Crippen molar-refractivity contribution in [1.29, 1.82) is 0 Å². The van der Waals surface area contributed by atoms with Gasteiger partial charge in [-0.1, -0.05) is 24.6 Å². The SMILES string of the molecule is O=C(NCc1ccccc1-n1ccnc1)[C@@H]1C[C@H]2CC[C@H]1C2. The fourth-order valence-electron chi connectivity index (χ4n) is 4.19. The summed E-state index contributed by atoms with van der Waals surface area (Å²) in [6.45, 7) is 0.584. The Hall–Kier alpha value is -2.10. The van der Waals surface area contributed by atoms with Crippen molar-refractivity contribution in [2.45, 2.75) is 32.2 Å². The maximum absolute atomic E-state index is 12.5. The number of rotatable bonds is 4. The topological polar surface area (TPSA) is 46.9 Å². The maximum atomic E-state index is 12.5. The summed E-state index contributed by atoms with van der Waals surface area (Å²) in [6, 6.07) is 8.15. The van der Waals surface area contributed by atoms with E-state index in [1.54, 1.807) is 12.5 Å². The molecule has 3 atom stereocenters. The molecule has 0 radical (unpaired) electrons. The third-order valence-electron chi connectivity index (χ3n) is 5.30. The highest BCUT2D eigenvalue weighted by Crippen LogP contribution is 2.48. The van der Waals surface area contributed by atoms with Crippen molar-refractivity contribution >= 4 is 5.91 Å². The number of aromatic nitrogens is 2. The van der Waals surface area contributed by atoms with Crippen molar-refractivity contribution in [2.24, 2.45) is 17.8 Å². The Kier molecular flexibility index (Phi) is 3.45. The van der Waals surface area contributed by atoms with E-state index in [0.717, 1.165) is 23.6 Å². The van der Waals surface area contributed by atoms with Crippen molar-refractivity contribution < 1.29 is 4.79 Å². The molecule has 2 bridgehead atoms. The zero-order valence-corrected chi connectivity index (χ0v) is 12.6. The van der Waals surface area contributed by atoms with Crippen molar-refractivity contribution in [3.63, 3.8) is 0 Å². The molecule has 4 heteroatoms. The molecular formula is C18H21N3O. The van der Waals surface area contributed by atoms with Crippen LogP contribution in [0.4, 0.5) is 0 Å². The molecule has 0 saturated heterocycles. The van der Waals surface area contributed by atoms with E-state index in [1.165, 1.54) is 19.3 Å². The zero-order valence-electron chi connectivity index (χ0n) is 12.6. The number of hydrogen-bond donors (Lipinski definition) is 1. The molecule has 22 heavy (non-hydrogen) atoms. The van der Waals surface area contributed by atoms with Gasteiger partial charge in [0.25, 0.3) is 0 Å². The number of nitrogens with zero attached hydrogens (tertiary/aromatic N) is 2. The van der Waals surface area contributed by atoms with Gasteiger partial charge in [0.1, 0.15) is 0 Å². The van der Waals surface area contributed by atoms with Crippen molar-refractivity contribution in [2.75, 3.05) is 0 Å². The number of imidazole rings is 1. The van der Waals surface area contributed by atoms with Crippen LogP contribution in [0, 0.1) is 17.8 Å². The van der Waals surface area contributed by atoms with E-state index < -0.39 is 0 Å². The first-order valence-electron chi connectivity index (χ1n) is 8.15. The summed E-state index contributed by atoms with van der Waals surface area (Å²) in [5.41, 5.74) is 2.20. The summed E-state index contributed by atoms with van der Waals surface area (Å²) in [5, 5.41) is 3.16. The average molecular weight is 295 g/mol. The highest BCUT2D eigenvalue weighted by atomic mass is 16.1. The Morgan fingerprint density at radius 3 is 2.91 bits per heavy atom. The van der Waals surface area contributed by atoms with Crippen molar-refractivity contribution in [1.82, 2.24) is 14.9 Å². The van der Waals surface area contributed by atoms with E-state index in [1.807, 2.05) is 22.9 Å². The summed E-state index contributed by atoms with van der Waals surface area (Å²) in [4.78, 5) is 16.6. The number of nitrogens with one attached hydrogen (secondary N) is 1. The molecule has 4 rings (SSSR count). The Balaban J connectivity index is 1.45. The van der Waals surface area contributed by atoms with Crippen LogP contribution in [0.25, 0.3) is 5.69 Å². The molecule has 2 aliphatic rings. The van der Waals surface area contributed by atoms with Crippen LogP contribution in [-0.2, 0) is 11.3 Å². The van der Waals surface area contributed by atoms with Gasteiger partial charge in [-0.25, -0.2) is 4.98 Å². The van der Waals surface area contributed by atoms with Gasteiger partial charge in [-0.15, -0.1) is 0 Å². The van der Waals surface area contributed by atoms with Crippen LogP contribution in [0.5, 0.6) is 0 Å². The molecule has 1 N–H and O–H groups in total. The molecule has 2 aliphatic carbocycles. The average Bonchev–Trinajstić information content (AvgIpc) is 3.29. The minimum atomic E-state index is 0.243. The summed E-state index contributed by atoms with van der Waals surface area (Å²) < 4.78 is 1.99. The smallest absolute Gasteiger partial charge is 0.223 e. The summed E-state index contributed by atoms with van der Waals surface area (Å²) in [7, 11) is 0. The Morgan fingerprint density at radius 2 is 2.18 bits per heavy atom. The minimum Gasteiger partial charge on any atom is -0.352 e. The summed E-state index contributed by atoms with van der Waals surface area (Å²) in [6.07, 6.45) is 10.4. The van der Waals surface area contributed by atoms with Crippen LogP contribution in [0.1, 0.15) is 31.2 Å². The first-order valence-corrected chi connectivity index (χ1v) is 8.15. The van der Waals surface area contributed by atoms with E-state index in [-0.39, 0.29) is 11.8 Å². The number of carbonyl (C=O) groups is 1. The first kappa shape index (κ1) is 13.6. The number of fused-ring (bicyclic) bond motifs is 2.